The number of likely N-dealkylation sites (N-methyl/N-ethyl adjacent to an activating group) is 1. The first-order valence-electron chi connectivity index (χ1n) is 7.42. The van der Waals surface area contributed by atoms with Crippen molar-refractivity contribution in [2.75, 3.05) is 49.6 Å². The summed E-state index contributed by atoms with van der Waals surface area (Å²) < 4.78 is 25.8. The van der Waals surface area contributed by atoms with Crippen LogP contribution in [0.5, 0.6) is 0 Å². The highest BCUT2D eigenvalue weighted by atomic mass is 32.2. The summed E-state index contributed by atoms with van der Waals surface area (Å²) in [4.78, 5) is 4.55. The lowest BCUT2D eigenvalue weighted by atomic mass is 10.3. The van der Waals surface area contributed by atoms with Gasteiger partial charge in [-0.1, -0.05) is 13.8 Å². The first-order valence-corrected chi connectivity index (χ1v) is 9.31. The third kappa shape index (κ3) is 3.32. The van der Waals surface area contributed by atoms with Gasteiger partial charge >= 0.3 is 0 Å². The number of nitrogen functional groups attached to an aromatic ring is 1. The topological polar surface area (TPSA) is 84.5 Å². The van der Waals surface area contributed by atoms with E-state index in [-0.39, 0.29) is 10.7 Å². The second kappa shape index (κ2) is 6.23. The lowest BCUT2D eigenvalue weighted by Crippen LogP contribution is -2.46. The van der Waals surface area contributed by atoms with Gasteiger partial charge in [-0.3, -0.25) is 0 Å². The minimum absolute atomic E-state index is 0.181. The van der Waals surface area contributed by atoms with Gasteiger partial charge in [-0.15, -0.1) is 0 Å². The highest BCUT2D eigenvalue weighted by Gasteiger charge is 2.29. The molecular formula is C13H25N5O2S. The molecule has 1 saturated heterocycles. The molecule has 120 valence electrons. The summed E-state index contributed by atoms with van der Waals surface area (Å²) in [5, 5.41) is 4.46. The predicted molar refractivity (Wildman–Crippen MR) is 84.4 cm³/mol. The number of nitrogens with two attached hydrogens (primary N) is 1. The largest absolute Gasteiger partial charge is 0.383 e. The van der Waals surface area contributed by atoms with E-state index in [9.17, 15) is 8.42 Å². The van der Waals surface area contributed by atoms with E-state index in [0.717, 1.165) is 39.1 Å². The highest BCUT2D eigenvalue weighted by Crippen LogP contribution is 2.30. The van der Waals surface area contributed by atoms with Crippen molar-refractivity contribution >= 4 is 21.5 Å². The van der Waals surface area contributed by atoms with Crippen LogP contribution < -0.4 is 10.6 Å². The number of aromatic nitrogens is 2. The standard InChI is InChI=1S/C13H25N5O2S/c1-4-6-18-12(14)11(21(3,19)20)13(15-18)17-9-7-16(5-2)8-10-17/h4-10,14H2,1-3H3. The van der Waals surface area contributed by atoms with Crippen molar-refractivity contribution in [3.05, 3.63) is 0 Å². The lowest BCUT2D eigenvalue weighted by Gasteiger charge is -2.34. The Bertz CT molecular complexity index is 588. The van der Waals surface area contributed by atoms with Gasteiger partial charge in [0, 0.05) is 39.0 Å². The summed E-state index contributed by atoms with van der Waals surface area (Å²) in [6.45, 7) is 9.17. The Morgan fingerprint density at radius 1 is 1.19 bits per heavy atom. The lowest BCUT2D eigenvalue weighted by molar-refractivity contribution is 0.270. The zero-order chi connectivity index (χ0) is 15.6. The highest BCUT2D eigenvalue weighted by molar-refractivity contribution is 7.91. The molecule has 21 heavy (non-hydrogen) atoms. The second-order valence-electron chi connectivity index (χ2n) is 5.45. The third-order valence-electron chi connectivity index (χ3n) is 3.85. The van der Waals surface area contributed by atoms with Gasteiger partial charge in [0.25, 0.3) is 0 Å². The average Bonchev–Trinajstić information content (AvgIpc) is 2.76. The average molecular weight is 315 g/mol. The molecule has 0 aromatic carbocycles. The Hall–Kier alpha value is -1.28. The van der Waals surface area contributed by atoms with E-state index in [2.05, 4.69) is 16.9 Å². The van der Waals surface area contributed by atoms with Crippen LogP contribution in [0, 0.1) is 0 Å². The quantitative estimate of drug-likeness (QED) is 0.848. The normalized spacial score (nSPS) is 17.4. The first kappa shape index (κ1) is 16.1. The van der Waals surface area contributed by atoms with E-state index in [1.54, 1.807) is 4.68 Å². The molecule has 0 bridgehead atoms. The van der Waals surface area contributed by atoms with Crippen LogP contribution in [0.1, 0.15) is 20.3 Å². The van der Waals surface area contributed by atoms with Crippen LogP contribution in [0.4, 0.5) is 11.6 Å². The molecule has 1 aromatic rings. The number of hydrogen-bond acceptors (Lipinski definition) is 6. The molecule has 0 amide bonds. The summed E-state index contributed by atoms with van der Waals surface area (Å²) in [6, 6.07) is 0. The summed E-state index contributed by atoms with van der Waals surface area (Å²) in [7, 11) is -3.39. The molecule has 2 heterocycles. The Morgan fingerprint density at radius 3 is 2.29 bits per heavy atom. The Morgan fingerprint density at radius 2 is 1.81 bits per heavy atom. The molecule has 1 fully saturated rings. The molecule has 0 unspecified atom stereocenters. The van der Waals surface area contributed by atoms with Crippen LogP contribution in [-0.2, 0) is 16.4 Å². The summed E-state index contributed by atoms with van der Waals surface area (Å²) in [5.41, 5.74) is 6.02. The van der Waals surface area contributed by atoms with Gasteiger partial charge < -0.3 is 15.5 Å². The van der Waals surface area contributed by atoms with Crippen LogP contribution in [0.3, 0.4) is 0 Å². The van der Waals surface area contributed by atoms with Crippen molar-refractivity contribution in [2.24, 2.45) is 0 Å². The molecule has 0 aliphatic carbocycles. The van der Waals surface area contributed by atoms with Crippen molar-refractivity contribution in [3.63, 3.8) is 0 Å². The fraction of sp³-hybridized carbons (Fsp3) is 0.769. The number of sulfone groups is 1. The van der Waals surface area contributed by atoms with E-state index in [0.29, 0.717) is 12.4 Å². The van der Waals surface area contributed by atoms with E-state index < -0.39 is 9.84 Å². The maximum absolute atomic E-state index is 12.1. The van der Waals surface area contributed by atoms with Gasteiger partial charge in [-0.25, -0.2) is 13.1 Å². The zero-order valence-electron chi connectivity index (χ0n) is 13.0. The van der Waals surface area contributed by atoms with Crippen LogP contribution in [-0.4, -0.2) is 62.1 Å². The molecule has 8 heteroatoms. The van der Waals surface area contributed by atoms with Crippen LogP contribution in [0.15, 0.2) is 4.90 Å². The van der Waals surface area contributed by atoms with Crippen molar-refractivity contribution < 1.29 is 8.42 Å². The maximum Gasteiger partial charge on any atom is 0.182 e. The number of hydrogen-bond donors (Lipinski definition) is 1. The molecule has 0 spiro atoms. The molecule has 0 atom stereocenters. The third-order valence-corrected chi connectivity index (χ3v) is 4.99. The number of anilines is 2. The van der Waals surface area contributed by atoms with E-state index in [1.807, 2.05) is 11.8 Å². The molecule has 2 N–H and O–H groups in total. The van der Waals surface area contributed by atoms with E-state index >= 15 is 0 Å². The number of piperazine rings is 1. The fourth-order valence-electron chi connectivity index (χ4n) is 2.67. The van der Waals surface area contributed by atoms with E-state index in [4.69, 9.17) is 5.73 Å². The van der Waals surface area contributed by atoms with Crippen molar-refractivity contribution in [1.29, 1.82) is 0 Å². The smallest absolute Gasteiger partial charge is 0.182 e. The monoisotopic (exact) mass is 315 g/mol. The van der Waals surface area contributed by atoms with Crippen molar-refractivity contribution in [3.8, 4) is 0 Å². The van der Waals surface area contributed by atoms with Gasteiger partial charge in [-0.2, -0.15) is 5.10 Å². The minimum Gasteiger partial charge on any atom is -0.383 e. The van der Waals surface area contributed by atoms with Crippen molar-refractivity contribution in [2.45, 2.75) is 31.7 Å². The molecule has 1 aliphatic rings. The Balaban J connectivity index is 2.36. The molecule has 2 rings (SSSR count). The van der Waals surface area contributed by atoms with Gasteiger partial charge in [0.1, 0.15) is 5.82 Å². The summed E-state index contributed by atoms with van der Waals surface area (Å²) >= 11 is 0. The first-order chi connectivity index (χ1) is 9.88. The van der Waals surface area contributed by atoms with Crippen molar-refractivity contribution in [1.82, 2.24) is 14.7 Å². The summed E-state index contributed by atoms with van der Waals surface area (Å²) in [5.74, 6) is 0.770. The van der Waals surface area contributed by atoms with Gasteiger partial charge in [0.05, 0.1) is 0 Å². The number of rotatable bonds is 5. The predicted octanol–water partition coefficient (Wildman–Crippen LogP) is 0.421. The maximum atomic E-state index is 12.1. The second-order valence-corrected chi connectivity index (χ2v) is 7.41. The molecule has 1 aromatic heterocycles. The van der Waals surface area contributed by atoms with Gasteiger partial charge in [0.15, 0.2) is 20.6 Å². The van der Waals surface area contributed by atoms with Crippen LogP contribution >= 0.6 is 0 Å². The number of nitrogens with zero attached hydrogens (tertiary/aromatic N) is 4. The minimum atomic E-state index is -3.39. The van der Waals surface area contributed by atoms with Gasteiger partial charge in [0.2, 0.25) is 0 Å². The Labute approximate surface area is 126 Å². The van der Waals surface area contributed by atoms with E-state index in [1.165, 1.54) is 6.26 Å². The SMILES string of the molecule is CCCn1nc(N2CCN(CC)CC2)c(S(C)(=O)=O)c1N. The van der Waals surface area contributed by atoms with Crippen LogP contribution in [0.25, 0.3) is 0 Å². The number of aryl methyl sites for hydroxylation is 1. The molecule has 0 saturated carbocycles. The van der Waals surface area contributed by atoms with Crippen LogP contribution in [0.2, 0.25) is 0 Å². The molecule has 7 nitrogen and oxygen atoms in total. The molecule has 0 radical (unpaired) electrons. The zero-order valence-corrected chi connectivity index (χ0v) is 13.9. The molecular weight excluding hydrogens is 290 g/mol. The van der Waals surface area contributed by atoms with Gasteiger partial charge in [-0.05, 0) is 13.0 Å². The Kier molecular flexibility index (Phi) is 4.77. The molecule has 1 aliphatic heterocycles. The fourth-order valence-corrected chi connectivity index (χ4v) is 3.65. The summed E-state index contributed by atoms with van der Waals surface area (Å²) in [6.07, 6.45) is 2.06.